The van der Waals surface area contributed by atoms with Crippen molar-refractivity contribution in [2.75, 3.05) is 6.54 Å². The predicted molar refractivity (Wildman–Crippen MR) is 71.5 cm³/mol. The highest BCUT2D eigenvalue weighted by molar-refractivity contribution is 5.95. The van der Waals surface area contributed by atoms with Crippen LogP contribution in [0.2, 0.25) is 0 Å². The van der Waals surface area contributed by atoms with Crippen molar-refractivity contribution < 1.29 is 14.8 Å². The number of nitro benzene ring substituents is 1. The molecule has 2 aliphatic carbocycles. The third-order valence-corrected chi connectivity index (χ3v) is 4.37. The Morgan fingerprint density at radius 2 is 2.15 bits per heavy atom. The number of nitrogens with zero attached hydrogens (tertiary/aromatic N) is 1. The van der Waals surface area contributed by atoms with Crippen molar-refractivity contribution in [2.24, 2.45) is 11.3 Å². The molecule has 0 unspecified atom stereocenters. The number of phenols is 1. The minimum absolute atomic E-state index is 0.250. The fourth-order valence-corrected chi connectivity index (χ4v) is 2.76. The maximum atomic E-state index is 12.0. The second-order valence-electron chi connectivity index (χ2n) is 5.78. The second kappa shape index (κ2) is 4.47. The van der Waals surface area contributed by atoms with Crippen LogP contribution in [0.1, 0.15) is 36.0 Å². The highest BCUT2D eigenvalue weighted by Crippen LogP contribution is 2.60. The minimum atomic E-state index is -0.677. The van der Waals surface area contributed by atoms with E-state index in [-0.39, 0.29) is 11.5 Å². The lowest BCUT2D eigenvalue weighted by atomic mass is 10.0. The first kappa shape index (κ1) is 12.9. The van der Waals surface area contributed by atoms with Gasteiger partial charge >= 0.3 is 5.69 Å². The van der Waals surface area contributed by atoms with Gasteiger partial charge in [-0.1, -0.05) is 0 Å². The number of rotatable bonds is 5. The highest BCUT2D eigenvalue weighted by Gasteiger charge is 2.53. The standard InChI is InChI=1S/C14H16N2O4/c17-12-7-9(1-4-11(12)16(19)20)13(18)15-8-14(5-6-14)10-2-3-10/h1,4,7,10,17H,2-3,5-6,8H2,(H,15,18). The number of amides is 1. The highest BCUT2D eigenvalue weighted by atomic mass is 16.6. The number of carbonyl (C=O) groups excluding carboxylic acids is 1. The van der Waals surface area contributed by atoms with Crippen molar-refractivity contribution in [3.63, 3.8) is 0 Å². The van der Waals surface area contributed by atoms with Gasteiger partial charge in [0.1, 0.15) is 0 Å². The summed E-state index contributed by atoms with van der Waals surface area (Å²) in [6.45, 7) is 0.661. The Morgan fingerprint density at radius 3 is 2.65 bits per heavy atom. The van der Waals surface area contributed by atoms with Crippen molar-refractivity contribution >= 4 is 11.6 Å². The van der Waals surface area contributed by atoms with Crippen LogP contribution in [0.25, 0.3) is 0 Å². The van der Waals surface area contributed by atoms with Gasteiger partial charge in [0.2, 0.25) is 0 Å². The molecule has 0 bridgehead atoms. The first-order valence-corrected chi connectivity index (χ1v) is 6.77. The third-order valence-electron chi connectivity index (χ3n) is 4.37. The third kappa shape index (κ3) is 2.33. The Labute approximate surface area is 115 Å². The molecular formula is C14H16N2O4. The summed E-state index contributed by atoms with van der Waals surface area (Å²) in [5.74, 6) is -0.0128. The van der Waals surface area contributed by atoms with Gasteiger partial charge in [0.15, 0.2) is 5.75 Å². The molecule has 2 N–H and O–H groups in total. The zero-order valence-corrected chi connectivity index (χ0v) is 11.0. The van der Waals surface area contributed by atoms with Crippen molar-refractivity contribution in [3.8, 4) is 5.75 Å². The average Bonchev–Trinajstić information content (AvgIpc) is 3.27. The maximum Gasteiger partial charge on any atom is 0.310 e. The fraction of sp³-hybridized carbons (Fsp3) is 0.500. The van der Waals surface area contributed by atoms with E-state index in [0.29, 0.717) is 12.0 Å². The van der Waals surface area contributed by atoms with Crippen molar-refractivity contribution in [1.82, 2.24) is 5.32 Å². The van der Waals surface area contributed by atoms with E-state index in [1.54, 1.807) is 0 Å². The van der Waals surface area contributed by atoms with E-state index in [0.717, 1.165) is 18.1 Å². The van der Waals surface area contributed by atoms with E-state index in [1.807, 2.05) is 0 Å². The first-order chi connectivity index (χ1) is 9.52. The first-order valence-electron chi connectivity index (χ1n) is 6.77. The lowest BCUT2D eigenvalue weighted by Gasteiger charge is -2.15. The normalized spacial score (nSPS) is 19.4. The van der Waals surface area contributed by atoms with Gasteiger partial charge in [-0.2, -0.15) is 0 Å². The van der Waals surface area contributed by atoms with Crippen LogP contribution in [-0.4, -0.2) is 22.5 Å². The molecule has 2 aliphatic rings. The van der Waals surface area contributed by atoms with Crippen LogP contribution in [0.5, 0.6) is 5.75 Å². The van der Waals surface area contributed by atoms with Crippen LogP contribution < -0.4 is 5.32 Å². The minimum Gasteiger partial charge on any atom is -0.502 e. The summed E-state index contributed by atoms with van der Waals surface area (Å²) in [6.07, 6.45) is 4.86. The number of nitro groups is 1. The number of hydrogen-bond acceptors (Lipinski definition) is 4. The number of aromatic hydroxyl groups is 1. The summed E-state index contributed by atoms with van der Waals surface area (Å²) in [4.78, 5) is 21.9. The Morgan fingerprint density at radius 1 is 1.45 bits per heavy atom. The van der Waals surface area contributed by atoms with E-state index >= 15 is 0 Å². The molecule has 2 saturated carbocycles. The van der Waals surface area contributed by atoms with Crippen LogP contribution >= 0.6 is 0 Å². The van der Waals surface area contributed by atoms with Crippen molar-refractivity contribution in [2.45, 2.75) is 25.7 Å². The molecule has 20 heavy (non-hydrogen) atoms. The summed E-state index contributed by atoms with van der Waals surface area (Å²) in [7, 11) is 0. The molecule has 1 amide bonds. The molecule has 6 heteroatoms. The average molecular weight is 276 g/mol. The number of carbonyl (C=O) groups is 1. The van der Waals surface area contributed by atoms with Crippen LogP contribution in [0.15, 0.2) is 18.2 Å². The molecule has 0 radical (unpaired) electrons. The van der Waals surface area contributed by atoms with Gasteiger partial charge in [0.05, 0.1) is 4.92 Å². The van der Waals surface area contributed by atoms with Crippen molar-refractivity contribution in [3.05, 3.63) is 33.9 Å². The van der Waals surface area contributed by atoms with Crippen LogP contribution in [-0.2, 0) is 0 Å². The Balaban J connectivity index is 1.65. The van der Waals surface area contributed by atoms with E-state index < -0.39 is 16.4 Å². The Bertz CT molecular complexity index is 577. The zero-order chi connectivity index (χ0) is 14.3. The van der Waals surface area contributed by atoms with Gasteiger partial charge in [-0.05, 0) is 49.1 Å². The van der Waals surface area contributed by atoms with Gasteiger partial charge < -0.3 is 10.4 Å². The molecule has 3 rings (SSSR count). The molecule has 6 nitrogen and oxygen atoms in total. The Kier molecular flexibility index (Phi) is 2.88. The number of nitrogens with one attached hydrogen (secondary N) is 1. The molecule has 1 aromatic carbocycles. The van der Waals surface area contributed by atoms with E-state index in [4.69, 9.17) is 0 Å². The van der Waals surface area contributed by atoms with Crippen LogP contribution in [0.4, 0.5) is 5.69 Å². The maximum absolute atomic E-state index is 12.0. The second-order valence-corrected chi connectivity index (χ2v) is 5.78. The van der Waals surface area contributed by atoms with Gasteiger partial charge in [-0.25, -0.2) is 0 Å². The molecule has 0 spiro atoms. The van der Waals surface area contributed by atoms with Crippen molar-refractivity contribution in [1.29, 1.82) is 0 Å². The molecule has 0 saturated heterocycles. The van der Waals surface area contributed by atoms with E-state index in [9.17, 15) is 20.0 Å². The van der Waals surface area contributed by atoms with Crippen LogP contribution in [0.3, 0.4) is 0 Å². The van der Waals surface area contributed by atoms with E-state index in [1.165, 1.54) is 31.7 Å². The van der Waals surface area contributed by atoms with Crippen LogP contribution in [0, 0.1) is 21.4 Å². The molecule has 1 aromatic rings. The van der Waals surface area contributed by atoms with Gasteiger partial charge in [0.25, 0.3) is 5.91 Å². The van der Waals surface area contributed by atoms with Gasteiger partial charge in [0, 0.05) is 18.2 Å². The fourth-order valence-electron chi connectivity index (χ4n) is 2.76. The largest absolute Gasteiger partial charge is 0.502 e. The summed E-state index contributed by atoms with van der Waals surface area (Å²) in [5, 5.41) is 23.0. The van der Waals surface area contributed by atoms with E-state index in [2.05, 4.69) is 5.32 Å². The molecule has 0 heterocycles. The number of phenolic OH excluding ortho intramolecular Hbond substituents is 1. The molecular weight excluding hydrogens is 260 g/mol. The monoisotopic (exact) mass is 276 g/mol. The Hall–Kier alpha value is -2.11. The summed E-state index contributed by atoms with van der Waals surface area (Å²) < 4.78 is 0. The predicted octanol–water partition coefficient (Wildman–Crippen LogP) is 2.22. The quantitative estimate of drug-likeness (QED) is 0.637. The molecule has 0 aliphatic heterocycles. The zero-order valence-electron chi connectivity index (χ0n) is 11.0. The lowest BCUT2D eigenvalue weighted by molar-refractivity contribution is -0.385. The topological polar surface area (TPSA) is 92.5 Å². The number of benzene rings is 1. The number of hydrogen-bond donors (Lipinski definition) is 2. The molecule has 0 aromatic heterocycles. The van der Waals surface area contributed by atoms with Gasteiger partial charge in [-0.3, -0.25) is 14.9 Å². The molecule has 2 fully saturated rings. The smallest absolute Gasteiger partial charge is 0.310 e. The summed E-state index contributed by atoms with van der Waals surface area (Å²) >= 11 is 0. The lowest BCUT2D eigenvalue weighted by Crippen LogP contribution is -2.31. The SMILES string of the molecule is O=C(NCC1(C2CC2)CC1)c1ccc([N+](=O)[O-])c(O)c1. The van der Waals surface area contributed by atoms with Gasteiger partial charge in [-0.15, -0.1) is 0 Å². The molecule has 106 valence electrons. The molecule has 0 atom stereocenters. The summed E-state index contributed by atoms with van der Waals surface area (Å²) in [6, 6.07) is 3.66. The summed E-state index contributed by atoms with van der Waals surface area (Å²) in [5.41, 5.74) is 0.163.